The summed E-state index contributed by atoms with van der Waals surface area (Å²) in [5.74, 6) is -1.89. The molecule has 3 atom stereocenters. The first kappa shape index (κ1) is 19.6. The van der Waals surface area contributed by atoms with Gasteiger partial charge in [0.15, 0.2) is 5.25 Å². The van der Waals surface area contributed by atoms with Gasteiger partial charge in [0.25, 0.3) is 5.91 Å². The van der Waals surface area contributed by atoms with Gasteiger partial charge in [-0.25, -0.2) is 13.8 Å². The maximum atomic E-state index is 14.8. The molecule has 0 aliphatic carbocycles. The smallest absolute Gasteiger partial charge is 0.274 e. The van der Waals surface area contributed by atoms with Gasteiger partial charge in [-0.3, -0.25) is 10.2 Å². The molecule has 0 saturated carbocycles. The number of nitrogens with one attached hydrogen (secondary N) is 4. The molecular formula is C18H17F2N5O3S. The highest BCUT2D eigenvalue weighted by atomic mass is 32.2. The number of ether oxygens (including phenoxy) is 1. The van der Waals surface area contributed by atoms with Crippen LogP contribution in [0.1, 0.15) is 22.5 Å². The molecule has 3 unspecified atom stereocenters. The third-order valence-corrected chi connectivity index (χ3v) is 6.39. The van der Waals surface area contributed by atoms with Crippen LogP contribution in [0.4, 0.5) is 14.5 Å². The van der Waals surface area contributed by atoms with Gasteiger partial charge in [0.1, 0.15) is 22.9 Å². The number of hydrogen-bond acceptors (Lipinski definition) is 5. The fraction of sp³-hybridized carbons (Fsp3) is 0.278. The van der Waals surface area contributed by atoms with Gasteiger partial charge in [-0.15, -0.1) is 0 Å². The standard InChI is InChI=1S/C18H17F2N5O3S/c19-10-1-4-14(22-8-10)16(26)23-11-2-3-13(20)12(7-11)18-5-6-28-9-15(18)29(27)25-17(21)24-18/h1-4,7-8,15H,5-6,9H2,(H,23,26)(H3,21,24,25). The van der Waals surface area contributed by atoms with Crippen molar-refractivity contribution in [1.29, 1.82) is 5.41 Å². The lowest BCUT2D eigenvalue weighted by Gasteiger charge is -2.47. The van der Waals surface area contributed by atoms with Crippen LogP contribution in [0.3, 0.4) is 0 Å². The number of pyridine rings is 1. The summed E-state index contributed by atoms with van der Waals surface area (Å²) in [7, 11) is 0. The van der Waals surface area contributed by atoms with Crippen LogP contribution in [-0.2, 0) is 21.6 Å². The number of nitrogens with zero attached hydrogens (tertiary/aromatic N) is 1. The Morgan fingerprint density at radius 3 is 2.97 bits per heavy atom. The second-order valence-corrected chi connectivity index (χ2v) is 8.06. The summed E-state index contributed by atoms with van der Waals surface area (Å²) in [5, 5.41) is 12.8. The van der Waals surface area contributed by atoms with Crippen LogP contribution in [-0.4, -0.2) is 39.9 Å². The van der Waals surface area contributed by atoms with Crippen molar-refractivity contribution in [3.63, 3.8) is 0 Å². The van der Waals surface area contributed by atoms with Crippen LogP contribution in [0.15, 0.2) is 36.5 Å². The lowest BCUT2D eigenvalue weighted by Crippen LogP contribution is -2.70. The van der Waals surface area contributed by atoms with Crippen molar-refractivity contribution in [2.45, 2.75) is 17.2 Å². The fourth-order valence-corrected chi connectivity index (χ4v) is 4.84. The minimum atomic E-state index is -1.65. The van der Waals surface area contributed by atoms with Gasteiger partial charge in [-0.2, -0.15) is 4.72 Å². The normalized spacial score (nSPS) is 26.1. The highest BCUT2D eigenvalue weighted by Gasteiger charge is 2.55. The number of anilines is 1. The molecule has 0 spiro atoms. The number of carbonyl (C=O) groups is 1. The summed E-state index contributed by atoms with van der Waals surface area (Å²) in [5.41, 5.74) is -0.656. The molecule has 2 aromatic rings. The average Bonchev–Trinajstić information content (AvgIpc) is 2.69. The number of rotatable bonds is 3. The van der Waals surface area contributed by atoms with Gasteiger partial charge in [-0.1, -0.05) is 0 Å². The largest absolute Gasteiger partial charge is 0.593 e. The maximum absolute atomic E-state index is 14.8. The Kier molecular flexibility index (Phi) is 5.11. The fourth-order valence-electron chi connectivity index (χ4n) is 3.56. The Bertz CT molecular complexity index is 961. The molecule has 2 aliphatic heterocycles. The number of aromatic nitrogens is 1. The number of benzene rings is 1. The van der Waals surface area contributed by atoms with Crippen LogP contribution in [0.2, 0.25) is 0 Å². The zero-order valence-corrected chi connectivity index (χ0v) is 15.8. The molecule has 0 bridgehead atoms. The van der Waals surface area contributed by atoms with Crippen molar-refractivity contribution in [3.05, 3.63) is 59.4 Å². The summed E-state index contributed by atoms with van der Waals surface area (Å²) in [6, 6.07) is 6.37. The molecule has 4 rings (SSSR count). The molecule has 2 fully saturated rings. The minimum absolute atomic E-state index is 0.00209. The Morgan fingerprint density at radius 2 is 2.21 bits per heavy atom. The molecule has 29 heavy (non-hydrogen) atoms. The number of guanidine groups is 1. The van der Waals surface area contributed by atoms with Crippen LogP contribution in [0.25, 0.3) is 0 Å². The molecule has 1 amide bonds. The molecule has 11 heteroatoms. The summed E-state index contributed by atoms with van der Waals surface area (Å²) in [4.78, 5) is 16.1. The molecule has 3 heterocycles. The van der Waals surface area contributed by atoms with E-state index in [0.717, 1.165) is 12.3 Å². The van der Waals surface area contributed by atoms with E-state index < -0.39 is 39.7 Å². The number of fused-ring (bicyclic) bond motifs is 1. The van der Waals surface area contributed by atoms with Crippen molar-refractivity contribution in [2.24, 2.45) is 0 Å². The van der Waals surface area contributed by atoms with Crippen molar-refractivity contribution in [1.82, 2.24) is 15.0 Å². The van der Waals surface area contributed by atoms with Gasteiger partial charge in [0.05, 0.1) is 24.2 Å². The van der Waals surface area contributed by atoms with Crippen LogP contribution in [0, 0.1) is 17.0 Å². The van der Waals surface area contributed by atoms with Crippen LogP contribution < -0.4 is 15.4 Å². The van der Waals surface area contributed by atoms with Crippen molar-refractivity contribution < 1.29 is 22.9 Å². The van der Waals surface area contributed by atoms with Crippen LogP contribution in [0.5, 0.6) is 0 Å². The first-order valence-electron chi connectivity index (χ1n) is 8.74. The van der Waals surface area contributed by atoms with Gasteiger partial charge < -0.3 is 19.9 Å². The van der Waals surface area contributed by atoms with Crippen molar-refractivity contribution >= 4 is 28.9 Å². The van der Waals surface area contributed by atoms with E-state index in [1.807, 2.05) is 0 Å². The van der Waals surface area contributed by atoms with Gasteiger partial charge in [0.2, 0.25) is 5.96 Å². The predicted octanol–water partition coefficient (Wildman–Crippen LogP) is 1.39. The van der Waals surface area contributed by atoms with Gasteiger partial charge in [-0.05, 0) is 30.3 Å². The first-order chi connectivity index (χ1) is 13.9. The summed E-state index contributed by atoms with van der Waals surface area (Å²) in [6.45, 7) is 0.416. The number of halogens is 2. The highest BCUT2D eigenvalue weighted by Crippen LogP contribution is 2.40. The maximum Gasteiger partial charge on any atom is 0.274 e. The molecule has 2 aliphatic rings. The lowest BCUT2D eigenvalue weighted by molar-refractivity contribution is 0.0442. The second kappa shape index (κ2) is 7.58. The Balaban J connectivity index is 1.68. The van der Waals surface area contributed by atoms with E-state index in [-0.39, 0.29) is 29.5 Å². The van der Waals surface area contributed by atoms with E-state index in [1.54, 1.807) is 0 Å². The molecule has 1 aromatic heterocycles. The number of hydrogen-bond donors (Lipinski definition) is 4. The van der Waals surface area contributed by atoms with E-state index in [4.69, 9.17) is 10.1 Å². The third-order valence-electron chi connectivity index (χ3n) is 4.93. The molecule has 8 nitrogen and oxygen atoms in total. The summed E-state index contributed by atoms with van der Waals surface area (Å²) >= 11 is -1.65. The zero-order valence-electron chi connectivity index (χ0n) is 15.0. The number of carbonyl (C=O) groups excluding carboxylic acids is 1. The molecule has 152 valence electrons. The van der Waals surface area contributed by atoms with Gasteiger partial charge in [0, 0.05) is 24.3 Å². The van der Waals surface area contributed by atoms with E-state index in [9.17, 15) is 18.1 Å². The topological polar surface area (TPSA) is 122 Å². The van der Waals surface area contributed by atoms with Crippen molar-refractivity contribution in [3.8, 4) is 0 Å². The summed E-state index contributed by atoms with van der Waals surface area (Å²) < 4.78 is 48.3. The Labute approximate surface area is 167 Å². The lowest BCUT2D eigenvalue weighted by atomic mass is 9.81. The first-order valence-corrected chi connectivity index (χ1v) is 9.95. The average molecular weight is 421 g/mol. The van der Waals surface area contributed by atoms with E-state index in [1.165, 1.54) is 24.3 Å². The Hall–Kier alpha value is -2.76. The summed E-state index contributed by atoms with van der Waals surface area (Å²) in [6.07, 6.45) is 1.22. The minimum Gasteiger partial charge on any atom is -0.593 e. The molecule has 0 radical (unpaired) electrons. The molecule has 4 N–H and O–H groups in total. The molecule has 1 aromatic carbocycles. The van der Waals surface area contributed by atoms with E-state index in [2.05, 4.69) is 20.3 Å². The number of amides is 1. The predicted molar refractivity (Wildman–Crippen MR) is 102 cm³/mol. The quantitative estimate of drug-likeness (QED) is 0.556. The zero-order chi connectivity index (χ0) is 20.6. The van der Waals surface area contributed by atoms with E-state index in [0.29, 0.717) is 13.0 Å². The van der Waals surface area contributed by atoms with Crippen LogP contribution >= 0.6 is 0 Å². The SMILES string of the molecule is N=C1N[S+]([O-])C2COCCC2(c2cc(NC(=O)c3ccc(F)cn3)ccc2F)N1. The Morgan fingerprint density at radius 1 is 1.38 bits per heavy atom. The third kappa shape index (κ3) is 3.63. The second-order valence-electron chi connectivity index (χ2n) is 6.69. The van der Waals surface area contributed by atoms with E-state index >= 15 is 0 Å². The van der Waals surface area contributed by atoms with Gasteiger partial charge >= 0.3 is 0 Å². The molecular weight excluding hydrogens is 404 g/mol. The highest BCUT2D eigenvalue weighted by molar-refractivity contribution is 7.90. The monoisotopic (exact) mass is 421 g/mol. The molecule has 2 saturated heterocycles. The van der Waals surface area contributed by atoms with Crippen molar-refractivity contribution in [2.75, 3.05) is 18.5 Å².